The van der Waals surface area contributed by atoms with E-state index in [0.29, 0.717) is 27.2 Å². The first-order valence-corrected chi connectivity index (χ1v) is 8.98. The predicted molar refractivity (Wildman–Crippen MR) is 100.0 cm³/mol. The summed E-state index contributed by atoms with van der Waals surface area (Å²) in [5, 5.41) is 13.0. The van der Waals surface area contributed by atoms with Gasteiger partial charge in [0.25, 0.3) is 0 Å². The molecule has 3 aromatic rings. The van der Waals surface area contributed by atoms with Crippen molar-refractivity contribution in [3.05, 3.63) is 51.3 Å². The number of nitriles is 1. The zero-order valence-corrected chi connectivity index (χ0v) is 15.1. The summed E-state index contributed by atoms with van der Waals surface area (Å²) in [5.41, 5.74) is 8.48. The first-order chi connectivity index (χ1) is 12.4. The first kappa shape index (κ1) is 16.8. The number of nitrogens with zero attached hydrogens (tertiary/aromatic N) is 2. The molecule has 1 aromatic carbocycles. The molecular formula is C18H12ClFN4OS. The molecule has 0 bridgehead atoms. The zero-order valence-electron chi connectivity index (χ0n) is 13.6. The zero-order chi connectivity index (χ0) is 18.6. The molecular weight excluding hydrogens is 375 g/mol. The van der Waals surface area contributed by atoms with Crippen LogP contribution in [0.2, 0.25) is 5.02 Å². The lowest BCUT2D eigenvalue weighted by Gasteiger charge is -2.24. The average molecular weight is 387 g/mol. The van der Waals surface area contributed by atoms with Gasteiger partial charge in [-0.1, -0.05) is 17.7 Å². The number of pyridine rings is 1. The highest BCUT2D eigenvalue weighted by atomic mass is 35.5. The summed E-state index contributed by atoms with van der Waals surface area (Å²) in [6, 6.07) is 6.50. The molecule has 5 nitrogen and oxygen atoms in total. The highest BCUT2D eigenvalue weighted by Crippen LogP contribution is 2.49. The van der Waals surface area contributed by atoms with Crippen LogP contribution in [0.5, 0.6) is 0 Å². The molecule has 0 saturated heterocycles. The summed E-state index contributed by atoms with van der Waals surface area (Å²) >= 11 is 7.56. The Morgan fingerprint density at radius 1 is 1.46 bits per heavy atom. The van der Waals surface area contributed by atoms with Gasteiger partial charge in [-0.25, -0.2) is 9.37 Å². The van der Waals surface area contributed by atoms with Gasteiger partial charge in [0.2, 0.25) is 5.91 Å². The monoisotopic (exact) mass is 386 g/mol. The van der Waals surface area contributed by atoms with Crippen molar-refractivity contribution in [3.8, 4) is 6.07 Å². The van der Waals surface area contributed by atoms with Gasteiger partial charge in [0, 0.05) is 28.5 Å². The van der Waals surface area contributed by atoms with E-state index in [-0.39, 0.29) is 28.7 Å². The van der Waals surface area contributed by atoms with Crippen LogP contribution in [0.15, 0.2) is 18.2 Å². The summed E-state index contributed by atoms with van der Waals surface area (Å²) in [6.45, 7) is 1.79. The minimum atomic E-state index is -0.569. The number of aryl methyl sites for hydroxylation is 1. The van der Waals surface area contributed by atoms with E-state index in [1.165, 1.54) is 23.5 Å². The number of rotatable bonds is 1. The Balaban J connectivity index is 2.07. The number of halogens is 2. The van der Waals surface area contributed by atoms with Crippen molar-refractivity contribution in [1.29, 1.82) is 5.26 Å². The van der Waals surface area contributed by atoms with E-state index in [1.54, 1.807) is 13.0 Å². The molecule has 3 N–H and O–H groups in total. The lowest BCUT2D eigenvalue weighted by molar-refractivity contribution is -0.116. The Morgan fingerprint density at radius 2 is 2.23 bits per heavy atom. The largest absolute Gasteiger partial charge is 0.383 e. The summed E-state index contributed by atoms with van der Waals surface area (Å²) in [6.07, 6.45) is 0.0557. The number of aromatic nitrogens is 1. The Morgan fingerprint density at radius 3 is 2.92 bits per heavy atom. The summed E-state index contributed by atoms with van der Waals surface area (Å²) in [7, 11) is 0. The average Bonchev–Trinajstić information content (AvgIpc) is 2.93. The molecule has 0 radical (unpaired) electrons. The molecule has 0 fully saturated rings. The third kappa shape index (κ3) is 2.34. The lowest BCUT2D eigenvalue weighted by atomic mass is 9.86. The van der Waals surface area contributed by atoms with Gasteiger partial charge in [0.05, 0.1) is 15.8 Å². The lowest BCUT2D eigenvalue weighted by Crippen LogP contribution is -2.23. The first-order valence-electron chi connectivity index (χ1n) is 7.78. The molecule has 1 aliphatic heterocycles. The van der Waals surface area contributed by atoms with Crippen LogP contribution in [0, 0.1) is 24.1 Å². The van der Waals surface area contributed by atoms with Crippen LogP contribution in [0.4, 0.5) is 15.2 Å². The van der Waals surface area contributed by atoms with Gasteiger partial charge >= 0.3 is 0 Å². The molecule has 2 aromatic heterocycles. The number of benzene rings is 1. The number of fused-ring (bicyclic) bond motifs is 3. The molecule has 1 atom stereocenters. The minimum absolute atomic E-state index is 0.0557. The van der Waals surface area contributed by atoms with Gasteiger partial charge in [0.15, 0.2) is 0 Å². The van der Waals surface area contributed by atoms with Crippen molar-refractivity contribution in [2.45, 2.75) is 19.3 Å². The Bertz CT molecular complexity index is 1110. The number of carbonyl (C=O) groups excluding carboxylic acids is 1. The molecule has 0 aliphatic carbocycles. The van der Waals surface area contributed by atoms with E-state index in [0.717, 1.165) is 4.70 Å². The number of thiophene rings is 1. The fraction of sp³-hybridized carbons (Fsp3) is 0.167. The number of carbonyl (C=O) groups is 1. The van der Waals surface area contributed by atoms with E-state index in [2.05, 4.69) is 16.4 Å². The summed E-state index contributed by atoms with van der Waals surface area (Å²) < 4.78 is 15.3. The second-order valence-corrected chi connectivity index (χ2v) is 7.50. The maximum Gasteiger partial charge on any atom is 0.225 e. The summed E-state index contributed by atoms with van der Waals surface area (Å²) in [4.78, 5) is 16.6. The Labute approximate surface area is 157 Å². The molecule has 0 saturated carbocycles. The quantitative estimate of drug-likeness (QED) is 0.651. The smallest absolute Gasteiger partial charge is 0.225 e. The van der Waals surface area contributed by atoms with Crippen molar-refractivity contribution in [1.82, 2.24) is 4.98 Å². The number of hydrogen-bond donors (Lipinski definition) is 2. The predicted octanol–water partition coefficient (Wildman–Crippen LogP) is 4.33. The molecule has 0 spiro atoms. The minimum Gasteiger partial charge on any atom is -0.383 e. The molecule has 1 amide bonds. The van der Waals surface area contributed by atoms with Gasteiger partial charge < -0.3 is 11.1 Å². The second-order valence-electron chi connectivity index (χ2n) is 6.07. The third-order valence-electron chi connectivity index (χ3n) is 4.57. The number of nitrogens with one attached hydrogen (secondary N) is 1. The van der Waals surface area contributed by atoms with Crippen molar-refractivity contribution in [2.75, 3.05) is 11.1 Å². The maximum atomic E-state index is 14.5. The molecule has 3 heterocycles. The molecule has 4 rings (SSSR count). The number of hydrogen-bond acceptors (Lipinski definition) is 5. The number of nitrogens with two attached hydrogens (primary N) is 1. The van der Waals surface area contributed by atoms with E-state index in [9.17, 15) is 14.4 Å². The van der Waals surface area contributed by atoms with E-state index in [1.807, 2.05) is 0 Å². The van der Waals surface area contributed by atoms with Crippen LogP contribution in [0.1, 0.15) is 34.6 Å². The van der Waals surface area contributed by atoms with Gasteiger partial charge in [-0.3, -0.25) is 4.79 Å². The Hall–Kier alpha value is -2.69. The molecule has 26 heavy (non-hydrogen) atoms. The van der Waals surface area contributed by atoms with Crippen LogP contribution >= 0.6 is 22.9 Å². The molecule has 130 valence electrons. The normalized spacial score (nSPS) is 16.2. The summed E-state index contributed by atoms with van der Waals surface area (Å²) in [5.74, 6) is -1.14. The van der Waals surface area contributed by atoms with Crippen LogP contribution in [-0.4, -0.2) is 10.9 Å². The van der Waals surface area contributed by atoms with Crippen molar-refractivity contribution in [3.63, 3.8) is 0 Å². The van der Waals surface area contributed by atoms with E-state index < -0.39 is 11.7 Å². The van der Waals surface area contributed by atoms with Crippen LogP contribution in [0.3, 0.4) is 0 Å². The molecule has 8 heteroatoms. The standard InChI is InChI=1S/C18H12ClFN4OS/c1-7-9(6-21)17(22)24-15-14-8(13-10(19)3-2-4-11(13)20)5-12(25)23-18(14)26-16(7)15/h2-4,8H,5H2,1H3,(H2,22,24)(H,23,25)/t8-/m0/s1. The highest BCUT2D eigenvalue weighted by molar-refractivity contribution is 7.23. The second kappa shape index (κ2) is 5.94. The van der Waals surface area contributed by atoms with Crippen molar-refractivity contribution in [2.24, 2.45) is 0 Å². The Kier molecular flexibility index (Phi) is 3.83. The number of nitrogen functional groups attached to an aromatic ring is 1. The fourth-order valence-electron chi connectivity index (χ4n) is 3.39. The number of amides is 1. The maximum absolute atomic E-state index is 14.5. The van der Waals surface area contributed by atoms with Gasteiger partial charge in [-0.2, -0.15) is 5.26 Å². The SMILES string of the molecule is Cc1c(C#N)c(N)nc2c3c(sc12)NC(=O)C[C@H]3c1c(F)cccc1Cl. The topological polar surface area (TPSA) is 91.8 Å². The third-order valence-corrected chi connectivity index (χ3v) is 6.13. The van der Waals surface area contributed by atoms with Crippen molar-refractivity contribution >= 4 is 49.9 Å². The highest BCUT2D eigenvalue weighted by Gasteiger charge is 2.34. The van der Waals surface area contributed by atoms with E-state index >= 15 is 0 Å². The van der Waals surface area contributed by atoms with Gasteiger partial charge in [-0.05, 0) is 24.6 Å². The molecule has 1 aliphatic rings. The van der Waals surface area contributed by atoms with Crippen LogP contribution < -0.4 is 11.1 Å². The van der Waals surface area contributed by atoms with E-state index in [4.69, 9.17) is 17.3 Å². The van der Waals surface area contributed by atoms with Gasteiger partial charge in [0.1, 0.15) is 22.7 Å². The van der Waals surface area contributed by atoms with Crippen LogP contribution in [0.25, 0.3) is 10.2 Å². The fourth-order valence-corrected chi connectivity index (χ4v) is 4.91. The van der Waals surface area contributed by atoms with Crippen LogP contribution in [-0.2, 0) is 4.79 Å². The number of anilines is 2. The van der Waals surface area contributed by atoms with Crippen molar-refractivity contribution < 1.29 is 9.18 Å². The molecule has 0 unspecified atom stereocenters. The van der Waals surface area contributed by atoms with Gasteiger partial charge in [-0.15, -0.1) is 11.3 Å².